The zero-order valence-electron chi connectivity index (χ0n) is 15.7. The predicted molar refractivity (Wildman–Crippen MR) is 103 cm³/mol. The van der Waals surface area contributed by atoms with Crippen LogP contribution in [0.1, 0.15) is 36.7 Å². The van der Waals surface area contributed by atoms with Gasteiger partial charge in [-0.05, 0) is 43.2 Å². The molecule has 0 saturated carbocycles. The van der Waals surface area contributed by atoms with Gasteiger partial charge in [0.05, 0.1) is 23.9 Å². The second-order valence-corrected chi connectivity index (χ2v) is 6.31. The van der Waals surface area contributed by atoms with Crippen molar-refractivity contribution in [3.8, 4) is 11.8 Å². The van der Waals surface area contributed by atoms with E-state index in [1.807, 2.05) is 32.9 Å². The fraction of sp³-hybridized carbons (Fsp3) is 0.286. The monoisotopic (exact) mass is 365 g/mol. The number of carbonyl (C=O) groups is 2. The molecule has 0 spiro atoms. The Morgan fingerprint density at radius 1 is 1.15 bits per heavy atom. The average Bonchev–Trinajstić information content (AvgIpc) is 2.67. The second-order valence-electron chi connectivity index (χ2n) is 6.31. The third-order valence-corrected chi connectivity index (χ3v) is 3.94. The molecule has 0 aliphatic carbocycles. The molecule has 2 rings (SSSR count). The third-order valence-electron chi connectivity index (χ3n) is 3.94. The Morgan fingerprint density at radius 2 is 1.85 bits per heavy atom. The first kappa shape index (κ1) is 20.0. The lowest BCUT2D eigenvalue weighted by molar-refractivity contribution is -0.118. The van der Waals surface area contributed by atoms with Gasteiger partial charge in [0.15, 0.2) is 0 Å². The van der Waals surface area contributed by atoms with Gasteiger partial charge in [-0.15, -0.1) is 0 Å². The van der Waals surface area contributed by atoms with Crippen molar-refractivity contribution in [3.63, 3.8) is 0 Å². The van der Waals surface area contributed by atoms with E-state index in [-0.39, 0.29) is 17.7 Å². The molecule has 2 aromatic rings. The summed E-state index contributed by atoms with van der Waals surface area (Å²) in [6, 6.07) is 14.8. The van der Waals surface area contributed by atoms with Crippen LogP contribution in [0.3, 0.4) is 0 Å². The number of carbonyl (C=O) groups excluding carboxylic acids is 2. The molecule has 2 amide bonds. The molecule has 6 heteroatoms. The summed E-state index contributed by atoms with van der Waals surface area (Å²) in [5.74, 6) is -0.348. The molecule has 1 atom stereocenters. The van der Waals surface area contributed by atoms with Crippen LogP contribution in [0.5, 0.6) is 5.75 Å². The number of benzene rings is 2. The van der Waals surface area contributed by atoms with Crippen LogP contribution in [0.15, 0.2) is 48.5 Å². The molecule has 27 heavy (non-hydrogen) atoms. The first-order valence-electron chi connectivity index (χ1n) is 8.80. The normalized spacial score (nSPS) is 11.4. The summed E-state index contributed by atoms with van der Waals surface area (Å²) in [4.78, 5) is 25.2. The molecule has 140 valence electrons. The highest BCUT2D eigenvalue weighted by molar-refractivity contribution is 6.01. The van der Waals surface area contributed by atoms with Crippen LogP contribution in [-0.2, 0) is 4.79 Å². The molecule has 1 unspecified atom stereocenters. The fourth-order valence-electron chi connectivity index (χ4n) is 2.54. The van der Waals surface area contributed by atoms with E-state index in [9.17, 15) is 9.59 Å². The van der Waals surface area contributed by atoms with Crippen molar-refractivity contribution in [2.24, 2.45) is 5.92 Å². The van der Waals surface area contributed by atoms with E-state index in [0.717, 1.165) is 0 Å². The highest BCUT2D eigenvalue weighted by Gasteiger charge is 2.25. The van der Waals surface area contributed by atoms with Crippen LogP contribution < -0.4 is 15.4 Å². The Balaban J connectivity index is 2.20. The van der Waals surface area contributed by atoms with Crippen molar-refractivity contribution in [2.45, 2.75) is 26.8 Å². The van der Waals surface area contributed by atoms with Gasteiger partial charge in [0, 0.05) is 5.56 Å². The van der Waals surface area contributed by atoms with E-state index in [0.29, 0.717) is 29.2 Å². The van der Waals surface area contributed by atoms with Gasteiger partial charge in [0.2, 0.25) is 5.91 Å². The molecule has 6 nitrogen and oxygen atoms in total. The minimum Gasteiger partial charge on any atom is -0.492 e. The Labute approximate surface area is 159 Å². The molecule has 0 saturated heterocycles. The maximum atomic E-state index is 12.8. The van der Waals surface area contributed by atoms with Crippen LogP contribution in [0.2, 0.25) is 0 Å². The van der Waals surface area contributed by atoms with Gasteiger partial charge in [0.1, 0.15) is 11.8 Å². The lowest BCUT2D eigenvalue weighted by Gasteiger charge is -2.22. The highest BCUT2D eigenvalue weighted by Crippen LogP contribution is 2.26. The van der Waals surface area contributed by atoms with Gasteiger partial charge in [-0.25, -0.2) is 0 Å². The maximum absolute atomic E-state index is 12.8. The predicted octanol–water partition coefficient (Wildman–Crippen LogP) is 3.35. The zero-order chi connectivity index (χ0) is 19.8. The van der Waals surface area contributed by atoms with Crippen LogP contribution in [0, 0.1) is 17.2 Å². The quantitative estimate of drug-likeness (QED) is 0.787. The summed E-state index contributed by atoms with van der Waals surface area (Å²) in [7, 11) is 0. The van der Waals surface area contributed by atoms with E-state index >= 15 is 0 Å². The maximum Gasteiger partial charge on any atom is 0.251 e. The average molecular weight is 365 g/mol. The van der Waals surface area contributed by atoms with Crippen molar-refractivity contribution in [1.82, 2.24) is 5.32 Å². The van der Waals surface area contributed by atoms with E-state index < -0.39 is 6.04 Å². The molecule has 0 aliphatic heterocycles. The molecular weight excluding hydrogens is 342 g/mol. The van der Waals surface area contributed by atoms with E-state index in [4.69, 9.17) is 10.00 Å². The molecule has 0 bridgehead atoms. The minimum atomic E-state index is -0.738. The Hall–Kier alpha value is -3.33. The highest BCUT2D eigenvalue weighted by atomic mass is 16.5. The summed E-state index contributed by atoms with van der Waals surface area (Å²) in [5, 5.41) is 14.7. The van der Waals surface area contributed by atoms with Crippen molar-refractivity contribution in [1.29, 1.82) is 5.26 Å². The standard InChI is InChI=1S/C21H23N3O3/c1-4-27-18-11-10-15(13-22)12-17(18)23-21(26)19(14(2)3)24-20(25)16-8-6-5-7-9-16/h5-12,14,19H,4H2,1-3H3,(H,23,26)(H,24,25). The number of amides is 2. The molecule has 0 heterocycles. The lowest BCUT2D eigenvalue weighted by atomic mass is 10.0. The Morgan fingerprint density at radius 3 is 2.44 bits per heavy atom. The van der Waals surface area contributed by atoms with Crippen molar-refractivity contribution >= 4 is 17.5 Å². The van der Waals surface area contributed by atoms with E-state index in [2.05, 4.69) is 10.6 Å². The topological polar surface area (TPSA) is 91.2 Å². The van der Waals surface area contributed by atoms with Crippen molar-refractivity contribution in [2.75, 3.05) is 11.9 Å². The summed E-state index contributed by atoms with van der Waals surface area (Å²) >= 11 is 0. The van der Waals surface area contributed by atoms with Crippen LogP contribution >= 0.6 is 0 Å². The molecule has 0 fully saturated rings. The minimum absolute atomic E-state index is 0.132. The molecule has 0 aliphatic rings. The van der Waals surface area contributed by atoms with Crippen LogP contribution in [0.25, 0.3) is 0 Å². The SMILES string of the molecule is CCOc1ccc(C#N)cc1NC(=O)C(NC(=O)c1ccccc1)C(C)C. The summed E-state index contributed by atoms with van der Waals surface area (Å²) in [6.07, 6.45) is 0. The van der Waals surface area contributed by atoms with E-state index in [1.54, 1.807) is 42.5 Å². The van der Waals surface area contributed by atoms with Gasteiger partial charge < -0.3 is 15.4 Å². The fourth-order valence-corrected chi connectivity index (χ4v) is 2.54. The number of anilines is 1. The summed E-state index contributed by atoms with van der Waals surface area (Å²) in [5.41, 5.74) is 1.29. The molecule has 2 N–H and O–H groups in total. The van der Waals surface area contributed by atoms with Gasteiger partial charge in [0.25, 0.3) is 5.91 Å². The zero-order valence-corrected chi connectivity index (χ0v) is 15.7. The lowest BCUT2D eigenvalue weighted by Crippen LogP contribution is -2.47. The first-order chi connectivity index (χ1) is 13.0. The number of rotatable bonds is 7. The largest absolute Gasteiger partial charge is 0.492 e. The Kier molecular flexibility index (Phi) is 6.95. The van der Waals surface area contributed by atoms with Crippen LogP contribution in [0.4, 0.5) is 5.69 Å². The number of ether oxygens (including phenoxy) is 1. The number of nitrogens with one attached hydrogen (secondary N) is 2. The first-order valence-corrected chi connectivity index (χ1v) is 8.80. The number of hydrogen-bond acceptors (Lipinski definition) is 4. The molecule has 2 aromatic carbocycles. The van der Waals surface area contributed by atoms with Crippen molar-refractivity contribution in [3.05, 3.63) is 59.7 Å². The molecule has 0 radical (unpaired) electrons. The number of nitrogens with zero attached hydrogens (tertiary/aromatic N) is 1. The summed E-state index contributed by atoms with van der Waals surface area (Å²) in [6.45, 7) is 5.96. The second kappa shape index (κ2) is 9.39. The van der Waals surface area contributed by atoms with Crippen molar-refractivity contribution < 1.29 is 14.3 Å². The Bertz CT molecular complexity index is 841. The number of nitriles is 1. The van der Waals surface area contributed by atoms with Gasteiger partial charge in [-0.3, -0.25) is 9.59 Å². The molecular formula is C21H23N3O3. The van der Waals surface area contributed by atoms with Gasteiger partial charge in [-0.1, -0.05) is 32.0 Å². The third kappa shape index (κ3) is 5.32. The van der Waals surface area contributed by atoms with Crippen LogP contribution in [-0.4, -0.2) is 24.5 Å². The van der Waals surface area contributed by atoms with E-state index in [1.165, 1.54) is 0 Å². The van der Waals surface area contributed by atoms with Gasteiger partial charge in [-0.2, -0.15) is 5.26 Å². The van der Waals surface area contributed by atoms with Gasteiger partial charge >= 0.3 is 0 Å². The number of hydrogen-bond donors (Lipinski definition) is 2. The summed E-state index contributed by atoms with van der Waals surface area (Å²) < 4.78 is 5.52. The smallest absolute Gasteiger partial charge is 0.251 e. The molecule has 0 aromatic heterocycles.